The Balaban J connectivity index is -0.000000331. The molecule has 4 nitrogen and oxygen atoms in total. The quantitative estimate of drug-likeness (QED) is 0.0819. The fraction of sp³-hybridized carbons (Fsp3) is 1.00. The predicted octanol–water partition coefficient (Wildman–Crippen LogP) is 10.5. The third-order valence-corrected chi connectivity index (χ3v) is 7.01. The molecule has 0 atom stereocenters. The van der Waals surface area contributed by atoms with Crippen molar-refractivity contribution in [3.8, 4) is 0 Å². The smallest absolute Gasteiger partial charge is 0.00772 e. The number of piperazine rings is 1. The molecular weight excluding hydrogens is 496 g/mol. The molecule has 8 N–H and O–H groups in total. The number of unbranched alkanes of at least 4 members (excludes halogenated alkanes) is 20. The van der Waals surface area contributed by atoms with E-state index >= 15 is 0 Å². The van der Waals surface area contributed by atoms with Gasteiger partial charge in [0.15, 0.2) is 0 Å². The number of halogens is 1. The summed E-state index contributed by atoms with van der Waals surface area (Å²) < 4.78 is 0. The minimum absolute atomic E-state index is 0. The summed E-state index contributed by atoms with van der Waals surface area (Å²) in [6, 6.07) is 0. The summed E-state index contributed by atoms with van der Waals surface area (Å²) in [5, 5.41) is 7.63. The largest absolute Gasteiger partial charge is 0.344 e. The second-order valence-corrected chi connectivity index (χ2v) is 10.7. The van der Waals surface area contributed by atoms with Crippen LogP contribution in [0.1, 0.15) is 162 Å². The fourth-order valence-electron chi connectivity index (χ4n) is 3.95. The van der Waals surface area contributed by atoms with Crippen LogP contribution >= 0.6 is 15.9 Å². The van der Waals surface area contributed by atoms with Crippen LogP contribution in [0.4, 0.5) is 0 Å². The van der Waals surface area contributed by atoms with E-state index in [4.69, 9.17) is 0 Å². The van der Waals surface area contributed by atoms with Crippen LogP contribution in [0.2, 0.25) is 0 Å². The monoisotopic (exact) mass is 566 g/mol. The molecule has 0 radical (unpaired) electrons. The summed E-state index contributed by atoms with van der Waals surface area (Å²) in [5.74, 6) is 0. The lowest BCUT2D eigenvalue weighted by molar-refractivity contribution is 0.523. The molecule has 1 aliphatic heterocycles. The molecule has 1 aliphatic rings. The predicted molar refractivity (Wildman–Crippen MR) is 168 cm³/mol. The zero-order valence-corrected chi connectivity index (χ0v) is 26.5. The summed E-state index contributed by atoms with van der Waals surface area (Å²) >= 11 is 3.50. The first-order chi connectivity index (χ1) is 16.3. The van der Waals surface area contributed by atoms with Crippen LogP contribution in [0.5, 0.6) is 0 Å². The van der Waals surface area contributed by atoms with Crippen molar-refractivity contribution < 1.29 is 0 Å². The Labute approximate surface area is 232 Å². The molecule has 1 heterocycles. The maximum absolute atomic E-state index is 3.50. The van der Waals surface area contributed by atoms with E-state index in [1.165, 1.54) is 147 Å². The average Bonchev–Trinajstić information content (AvgIpc) is 2.87. The lowest BCUT2D eigenvalue weighted by atomic mass is 10.0. The zero-order valence-electron chi connectivity index (χ0n) is 24.9. The van der Waals surface area contributed by atoms with Crippen LogP contribution in [0.25, 0.3) is 0 Å². The summed E-state index contributed by atoms with van der Waals surface area (Å²) in [4.78, 5) is 0. The molecule has 0 saturated carbocycles. The van der Waals surface area contributed by atoms with Gasteiger partial charge in [-0.25, -0.2) is 0 Å². The highest BCUT2D eigenvalue weighted by molar-refractivity contribution is 9.09. The Bertz CT molecular complexity index is 269. The van der Waals surface area contributed by atoms with Crippen molar-refractivity contribution in [3.05, 3.63) is 0 Å². The van der Waals surface area contributed by atoms with E-state index in [0.717, 1.165) is 26.2 Å². The van der Waals surface area contributed by atoms with Crippen molar-refractivity contribution in [1.29, 1.82) is 0 Å². The summed E-state index contributed by atoms with van der Waals surface area (Å²) in [6.45, 7) is 11.2. The second-order valence-electron chi connectivity index (χ2n) is 9.91. The molecule has 0 aromatic heterocycles. The van der Waals surface area contributed by atoms with Gasteiger partial charge < -0.3 is 22.9 Å². The number of hydrogen-bond donors (Lipinski definition) is 4. The average molecular weight is 568 g/mol. The van der Waals surface area contributed by atoms with Gasteiger partial charge in [-0.15, -0.1) is 0 Å². The van der Waals surface area contributed by atoms with Crippen LogP contribution in [-0.2, 0) is 0 Å². The number of alkyl halides is 1. The number of nitrogens with one attached hydrogen (secondary N) is 2. The van der Waals surface area contributed by atoms with Gasteiger partial charge in [0.1, 0.15) is 0 Å². The standard InChI is InChI=1S/C22H45Br.C4H10N2.C4H10.2H3N/c1-2-3-4-5-6-7-8-9-10-11-12-13-14-15-16-17-18-19-20-21-22-23;1-2-6-4-3-5-1;1-3-4-2;;/h2-22H2,1H3;5-6H,1-4H2;3-4H2,1-2H3;2*1H3. The van der Waals surface area contributed by atoms with Crippen molar-refractivity contribution in [2.45, 2.75) is 162 Å². The first-order valence-corrected chi connectivity index (χ1v) is 16.4. The lowest BCUT2D eigenvalue weighted by Crippen LogP contribution is -2.39. The molecule has 0 aromatic rings. The van der Waals surface area contributed by atoms with E-state index in [0.29, 0.717) is 0 Å². The lowest BCUT2D eigenvalue weighted by Gasteiger charge is -2.11. The minimum atomic E-state index is 0. The third-order valence-electron chi connectivity index (χ3n) is 6.44. The summed E-state index contributed by atoms with van der Waals surface area (Å²) in [7, 11) is 0. The molecule has 5 heteroatoms. The van der Waals surface area contributed by atoms with Crippen molar-refractivity contribution in [2.75, 3.05) is 31.5 Å². The van der Waals surface area contributed by atoms with Crippen LogP contribution in [-0.4, -0.2) is 31.5 Å². The van der Waals surface area contributed by atoms with Crippen molar-refractivity contribution in [1.82, 2.24) is 22.9 Å². The van der Waals surface area contributed by atoms with E-state index in [9.17, 15) is 0 Å². The van der Waals surface area contributed by atoms with E-state index in [-0.39, 0.29) is 12.3 Å². The SMILES string of the molecule is C1CNCCN1.CCCC.CCCCCCCCCCCCCCCCCCCCCCBr.N.N. The Morgan fingerprint density at radius 2 is 0.600 bits per heavy atom. The first-order valence-electron chi connectivity index (χ1n) is 15.3. The molecule has 218 valence electrons. The molecule has 1 fully saturated rings. The second kappa shape index (κ2) is 44.3. The summed E-state index contributed by atoms with van der Waals surface area (Å²) in [6.07, 6.45) is 31.9. The Hall–Kier alpha value is 0.320. The van der Waals surface area contributed by atoms with Gasteiger partial charge in [0.25, 0.3) is 0 Å². The van der Waals surface area contributed by atoms with Crippen LogP contribution in [0.3, 0.4) is 0 Å². The first kappa shape index (κ1) is 42.4. The zero-order chi connectivity index (χ0) is 24.5. The van der Waals surface area contributed by atoms with Gasteiger partial charge in [0, 0.05) is 31.5 Å². The van der Waals surface area contributed by atoms with Crippen molar-refractivity contribution >= 4 is 15.9 Å². The molecule has 0 unspecified atom stereocenters. The molecule has 0 spiro atoms. The fourth-order valence-corrected chi connectivity index (χ4v) is 4.35. The van der Waals surface area contributed by atoms with Crippen molar-refractivity contribution in [3.63, 3.8) is 0 Å². The molecule has 0 bridgehead atoms. The summed E-state index contributed by atoms with van der Waals surface area (Å²) in [5.41, 5.74) is 0. The van der Waals surface area contributed by atoms with E-state index in [1.54, 1.807) is 0 Å². The van der Waals surface area contributed by atoms with Gasteiger partial charge in [-0.05, 0) is 6.42 Å². The van der Waals surface area contributed by atoms with Gasteiger partial charge in [0.2, 0.25) is 0 Å². The van der Waals surface area contributed by atoms with Gasteiger partial charge in [0.05, 0.1) is 0 Å². The highest BCUT2D eigenvalue weighted by Gasteiger charge is 1.95. The van der Waals surface area contributed by atoms with Crippen LogP contribution in [0.15, 0.2) is 0 Å². The van der Waals surface area contributed by atoms with Gasteiger partial charge in [-0.3, -0.25) is 0 Å². The Morgan fingerprint density at radius 1 is 0.371 bits per heavy atom. The van der Waals surface area contributed by atoms with Crippen molar-refractivity contribution in [2.24, 2.45) is 0 Å². The Morgan fingerprint density at radius 3 is 0.771 bits per heavy atom. The number of rotatable bonds is 21. The normalized spacial score (nSPS) is 12.3. The maximum atomic E-state index is 3.50. The maximum Gasteiger partial charge on any atom is 0.00772 e. The van der Waals surface area contributed by atoms with E-state index in [2.05, 4.69) is 47.3 Å². The van der Waals surface area contributed by atoms with E-state index < -0.39 is 0 Å². The van der Waals surface area contributed by atoms with Crippen LogP contribution in [0, 0.1) is 0 Å². The molecule has 35 heavy (non-hydrogen) atoms. The Kier molecular flexibility index (Phi) is 53.7. The molecule has 0 aliphatic carbocycles. The number of hydrogen-bond acceptors (Lipinski definition) is 4. The molecule has 1 rings (SSSR count). The highest BCUT2D eigenvalue weighted by atomic mass is 79.9. The molecule has 0 aromatic carbocycles. The molecule has 1 saturated heterocycles. The third kappa shape index (κ3) is 48.0. The van der Waals surface area contributed by atoms with Crippen LogP contribution < -0.4 is 22.9 Å². The van der Waals surface area contributed by atoms with Gasteiger partial charge in [-0.2, -0.15) is 0 Å². The molecular formula is C30H71BrN4. The van der Waals surface area contributed by atoms with Gasteiger partial charge >= 0.3 is 0 Å². The minimum Gasteiger partial charge on any atom is -0.344 e. The molecule has 0 amide bonds. The van der Waals surface area contributed by atoms with Gasteiger partial charge in [-0.1, -0.05) is 172 Å². The highest BCUT2D eigenvalue weighted by Crippen LogP contribution is 2.14. The van der Waals surface area contributed by atoms with E-state index in [1.807, 2.05) is 0 Å². The topological polar surface area (TPSA) is 94.1 Å².